The second-order valence-corrected chi connectivity index (χ2v) is 11.2. The predicted octanol–water partition coefficient (Wildman–Crippen LogP) is 4.15. The van der Waals surface area contributed by atoms with E-state index in [1.165, 1.54) is 24.1 Å². The highest BCUT2D eigenvalue weighted by molar-refractivity contribution is 7.92. The number of sulfonamides is 1. The fraction of sp³-hybridized carbons (Fsp3) is 0.333. The predicted molar refractivity (Wildman–Crippen MR) is 155 cm³/mol. The molecule has 9 nitrogen and oxygen atoms in total. The molecule has 0 fully saturated rings. The molecule has 0 aromatic heterocycles. The molecule has 0 bridgehead atoms. The van der Waals surface area contributed by atoms with Crippen molar-refractivity contribution in [2.45, 2.75) is 44.7 Å². The first-order valence-electron chi connectivity index (χ1n) is 13.0. The van der Waals surface area contributed by atoms with E-state index < -0.39 is 28.5 Å². The lowest BCUT2D eigenvalue weighted by molar-refractivity contribution is -0.139. The lowest BCUT2D eigenvalue weighted by Gasteiger charge is -2.32. The molecular weight excluding hydrogens is 530 g/mol. The highest BCUT2D eigenvalue weighted by Crippen LogP contribution is 2.32. The van der Waals surface area contributed by atoms with Crippen molar-refractivity contribution in [2.24, 2.45) is 0 Å². The molecule has 3 aromatic rings. The van der Waals surface area contributed by atoms with Crippen LogP contribution in [-0.4, -0.2) is 58.5 Å². The van der Waals surface area contributed by atoms with Crippen LogP contribution >= 0.6 is 0 Å². The Balaban J connectivity index is 2.06. The van der Waals surface area contributed by atoms with Gasteiger partial charge in [0.05, 0.1) is 24.8 Å². The van der Waals surface area contributed by atoms with E-state index in [0.717, 1.165) is 21.9 Å². The number of nitrogens with one attached hydrogen (secondary N) is 1. The fourth-order valence-electron chi connectivity index (χ4n) is 4.13. The van der Waals surface area contributed by atoms with Crippen molar-refractivity contribution in [3.8, 4) is 11.5 Å². The van der Waals surface area contributed by atoms with E-state index in [1.54, 1.807) is 68.6 Å². The average Bonchev–Trinajstić information content (AvgIpc) is 2.97. The summed E-state index contributed by atoms with van der Waals surface area (Å²) in [5, 5.41) is 2.83. The molecule has 0 spiro atoms. The van der Waals surface area contributed by atoms with Gasteiger partial charge in [-0.05, 0) is 62.2 Å². The Morgan fingerprint density at radius 2 is 1.65 bits per heavy atom. The molecule has 0 aliphatic rings. The minimum Gasteiger partial charge on any atom is -0.497 e. The molecule has 0 saturated carbocycles. The number of amides is 2. The average molecular weight is 568 g/mol. The molecule has 2 amide bonds. The highest BCUT2D eigenvalue weighted by Gasteiger charge is 2.33. The number of carbonyl (C=O) groups excluding carboxylic acids is 2. The Morgan fingerprint density at radius 3 is 2.30 bits per heavy atom. The molecule has 40 heavy (non-hydrogen) atoms. The standard InChI is InChI=1S/C30H37N3O6S/c1-6-18-31-30(35)23(3)32(20-24-10-9-11-25(19-24)38-4)29(34)21-33(27-12-7-8-13-28(27)39-5)40(36,37)26-16-14-22(2)15-17-26/h7-17,19,23H,6,18,20-21H2,1-5H3,(H,31,35)/t23-/m0/s1. The summed E-state index contributed by atoms with van der Waals surface area (Å²) in [6.45, 7) is 5.40. The molecule has 3 rings (SSSR count). The monoisotopic (exact) mass is 567 g/mol. The van der Waals surface area contributed by atoms with Crippen molar-refractivity contribution in [2.75, 3.05) is 31.6 Å². The first-order chi connectivity index (χ1) is 19.1. The van der Waals surface area contributed by atoms with Crippen LogP contribution in [0.5, 0.6) is 11.5 Å². The van der Waals surface area contributed by atoms with Crippen LogP contribution in [0.25, 0.3) is 0 Å². The number of anilines is 1. The number of hydrogen-bond acceptors (Lipinski definition) is 6. The molecule has 10 heteroatoms. The van der Waals surface area contributed by atoms with Crippen LogP contribution in [0.2, 0.25) is 0 Å². The molecule has 3 aromatic carbocycles. The zero-order valence-electron chi connectivity index (χ0n) is 23.6. The molecule has 0 heterocycles. The number of carbonyl (C=O) groups is 2. The van der Waals surface area contributed by atoms with Gasteiger partial charge in [-0.3, -0.25) is 13.9 Å². The largest absolute Gasteiger partial charge is 0.497 e. The van der Waals surface area contributed by atoms with Crippen molar-refractivity contribution < 1.29 is 27.5 Å². The molecule has 0 radical (unpaired) electrons. The molecule has 0 aliphatic carbocycles. The van der Waals surface area contributed by atoms with Crippen LogP contribution in [0.1, 0.15) is 31.4 Å². The quantitative estimate of drug-likeness (QED) is 0.333. The van der Waals surface area contributed by atoms with Crippen molar-refractivity contribution in [1.29, 1.82) is 0 Å². The number of ether oxygens (including phenoxy) is 2. The van der Waals surface area contributed by atoms with Gasteiger partial charge in [0.2, 0.25) is 11.8 Å². The van der Waals surface area contributed by atoms with E-state index in [-0.39, 0.29) is 23.0 Å². The van der Waals surface area contributed by atoms with Gasteiger partial charge in [0.25, 0.3) is 10.0 Å². The number of nitrogens with zero attached hydrogens (tertiary/aromatic N) is 2. The van der Waals surface area contributed by atoms with Crippen LogP contribution < -0.4 is 19.1 Å². The van der Waals surface area contributed by atoms with Crippen LogP contribution in [0.3, 0.4) is 0 Å². The third-order valence-electron chi connectivity index (χ3n) is 6.45. The van der Waals surface area contributed by atoms with Gasteiger partial charge >= 0.3 is 0 Å². The van der Waals surface area contributed by atoms with Gasteiger partial charge < -0.3 is 19.7 Å². The van der Waals surface area contributed by atoms with Gasteiger partial charge in [0.15, 0.2) is 0 Å². The molecule has 0 saturated heterocycles. The van der Waals surface area contributed by atoms with Crippen LogP contribution in [0.4, 0.5) is 5.69 Å². The second-order valence-electron chi connectivity index (χ2n) is 9.34. The smallest absolute Gasteiger partial charge is 0.264 e. The molecule has 1 atom stereocenters. The number of hydrogen-bond donors (Lipinski definition) is 1. The third-order valence-corrected chi connectivity index (χ3v) is 8.22. The molecule has 0 aliphatic heterocycles. The zero-order chi connectivity index (χ0) is 29.3. The number of para-hydroxylation sites is 2. The van der Waals surface area contributed by atoms with E-state index >= 15 is 0 Å². The van der Waals surface area contributed by atoms with E-state index in [9.17, 15) is 18.0 Å². The number of aryl methyl sites for hydroxylation is 1. The fourth-order valence-corrected chi connectivity index (χ4v) is 5.56. The second kappa shape index (κ2) is 13.8. The van der Waals surface area contributed by atoms with Crippen LogP contribution in [0.15, 0.2) is 77.7 Å². The summed E-state index contributed by atoms with van der Waals surface area (Å²) in [5.41, 5.74) is 1.84. The third kappa shape index (κ3) is 7.32. The lowest BCUT2D eigenvalue weighted by Crippen LogP contribution is -2.51. The van der Waals surface area contributed by atoms with E-state index in [2.05, 4.69) is 5.32 Å². The van der Waals surface area contributed by atoms with Crippen molar-refractivity contribution in [1.82, 2.24) is 10.2 Å². The Bertz CT molecular complexity index is 1410. The summed E-state index contributed by atoms with van der Waals surface area (Å²) in [6, 6.07) is 19.3. The van der Waals surface area contributed by atoms with E-state index in [1.807, 2.05) is 19.9 Å². The Kier molecular flexibility index (Phi) is 10.6. The van der Waals surface area contributed by atoms with Gasteiger partial charge in [0.1, 0.15) is 24.1 Å². The lowest BCUT2D eigenvalue weighted by atomic mass is 10.1. The summed E-state index contributed by atoms with van der Waals surface area (Å²) >= 11 is 0. The normalized spacial score (nSPS) is 11.8. The summed E-state index contributed by atoms with van der Waals surface area (Å²) < 4.78 is 39.7. The number of methoxy groups -OCH3 is 2. The van der Waals surface area contributed by atoms with Crippen LogP contribution in [0, 0.1) is 6.92 Å². The SMILES string of the molecule is CCCNC(=O)[C@H](C)N(Cc1cccc(OC)c1)C(=O)CN(c1ccccc1OC)S(=O)(=O)c1ccc(C)cc1. The van der Waals surface area contributed by atoms with E-state index in [0.29, 0.717) is 18.0 Å². The van der Waals surface area contributed by atoms with Gasteiger partial charge in [-0.1, -0.05) is 48.9 Å². The van der Waals surface area contributed by atoms with Gasteiger partial charge in [-0.25, -0.2) is 8.42 Å². The first kappa shape index (κ1) is 30.5. The summed E-state index contributed by atoms with van der Waals surface area (Å²) in [5.74, 6) is 0.0107. The topological polar surface area (TPSA) is 105 Å². The molecule has 0 unspecified atom stereocenters. The Hall–Kier alpha value is -4.05. The maximum absolute atomic E-state index is 14.0. The summed E-state index contributed by atoms with van der Waals surface area (Å²) in [6.07, 6.45) is 0.735. The summed E-state index contributed by atoms with van der Waals surface area (Å²) in [7, 11) is -1.21. The van der Waals surface area contributed by atoms with Crippen molar-refractivity contribution in [3.63, 3.8) is 0 Å². The Labute approximate surface area is 236 Å². The van der Waals surface area contributed by atoms with Crippen LogP contribution in [-0.2, 0) is 26.2 Å². The van der Waals surface area contributed by atoms with Gasteiger partial charge in [-0.15, -0.1) is 0 Å². The van der Waals surface area contributed by atoms with Gasteiger partial charge in [0, 0.05) is 13.1 Å². The minimum absolute atomic E-state index is 0.0323. The highest BCUT2D eigenvalue weighted by atomic mass is 32.2. The maximum atomic E-state index is 14.0. The number of benzene rings is 3. The molecule has 1 N–H and O–H groups in total. The van der Waals surface area contributed by atoms with Crippen molar-refractivity contribution in [3.05, 3.63) is 83.9 Å². The zero-order valence-corrected chi connectivity index (χ0v) is 24.4. The maximum Gasteiger partial charge on any atom is 0.264 e. The molecule has 214 valence electrons. The van der Waals surface area contributed by atoms with Gasteiger partial charge in [-0.2, -0.15) is 0 Å². The number of rotatable bonds is 13. The van der Waals surface area contributed by atoms with Crippen molar-refractivity contribution >= 4 is 27.5 Å². The molecular formula is C30H37N3O6S. The minimum atomic E-state index is -4.19. The summed E-state index contributed by atoms with van der Waals surface area (Å²) in [4.78, 5) is 28.4. The first-order valence-corrected chi connectivity index (χ1v) is 14.5. The Morgan fingerprint density at radius 1 is 0.950 bits per heavy atom. The van der Waals surface area contributed by atoms with E-state index in [4.69, 9.17) is 9.47 Å².